The standard InChI is InChI=1S/C20H20N2O3/c23-20(8-6-15-12-22-17-4-2-1-3-16(15)17)21-10-9-14-5-7-18-19(11-14)25-13-24-18/h1-5,7,11-12,22H,6,8-10,13H2,(H,21,23). The van der Waals surface area contributed by atoms with Gasteiger partial charge in [-0.05, 0) is 42.2 Å². The lowest BCUT2D eigenvalue weighted by molar-refractivity contribution is -0.121. The van der Waals surface area contributed by atoms with E-state index < -0.39 is 0 Å². The van der Waals surface area contributed by atoms with Crippen LogP contribution in [0, 0.1) is 0 Å². The van der Waals surface area contributed by atoms with E-state index in [1.807, 2.05) is 42.6 Å². The molecule has 0 unspecified atom stereocenters. The van der Waals surface area contributed by atoms with E-state index in [0.717, 1.165) is 35.4 Å². The van der Waals surface area contributed by atoms with Crippen LogP contribution < -0.4 is 14.8 Å². The number of aromatic nitrogens is 1. The third-order valence-electron chi connectivity index (χ3n) is 4.47. The predicted octanol–water partition coefficient (Wildman–Crippen LogP) is 3.19. The molecule has 5 nitrogen and oxygen atoms in total. The number of aryl methyl sites for hydroxylation is 1. The number of H-pyrrole nitrogens is 1. The van der Waals surface area contributed by atoms with Crippen LogP contribution in [0.1, 0.15) is 17.5 Å². The minimum atomic E-state index is 0.0750. The highest BCUT2D eigenvalue weighted by Gasteiger charge is 2.13. The summed E-state index contributed by atoms with van der Waals surface area (Å²) in [7, 11) is 0. The topological polar surface area (TPSA) is 63.4 Å². The van der Waals surface area contributed by atoms with Crippen LogP contribution in [-0.2, 0) is 17.6 Å². The molecule has 1 aromatic heterocycles. The fourth-order valence-corrected chi connectivity index (χ4v) is 3.12. The smallest absolute Gasteiger partial charge is 0.231 e. The van der Waals surface area contributed by atoms with Crippen molar-refractivity contribution in [1.82, 2.24) is 10.3 Å². The Hall–Kier alpha value is -2.95. The summed E-state index contributed by atoms with van der Waals surface area (Å²) >= 11 is 0. The van der Waals surface area contributed by atoms with E-state index in [2.05, 4.69) is 16.4 Å². The van der Waals surface area contributed by atoms with Gasteiger partial charge in [-0.15, -0.1) is 0 Å². The lowest BCUT2D eigenvalue weighted by Crippen LogP contribution is -2.25. The summed E-state index contributed by atoms with van der Waals surface area (Å²) in [5.41, 5.74) is 3.42. The van der Waals surface area contributed by atoms with Crippen LogP contribution in [0.15, 0.2) is 48.7 Å². The SMILES string of the molecule is O=C(CCc1c[nH]c2ccccc12)NCCc1ccc2c(c1)OCO2. The van der Waals surface area contributed by atoms with Crippen molar-refractivity contribution in [2.24, 2.45) is 0 Å². The van der Waals surface area contributed by atoms with Gasteiger partial charge in [0.05, 0.1) is 0 Å². The molecule has 0 atom stereocenters. The van der Waals surface area contributed by atoms with Crippen LogP contribution in [0.25, 0.3) is 10.9 Å². The molecule has 4 rings (SSSR count). The molecule has 0 spiro atoms. The zero-order valence-electron chi connectivity index (χ0n) is 13.9. The number of nitrogens with one attached hydrogen (secondary N) is 2. The molecule has 0 fully saturated rings. The van der Waals surface area contributed by atoms with Gasteiger partial charge >= 0.3 is 0 Å². The van der Waals surface area contributed by atoms with Gasteiger partial charge < -0.3 is 19.8 Å². The monoisotopic (exact) mass is 336 g/mol. The first-order chi connectivity index (χ1) is 12.3. The fraction of sp³-hybridized carbons (Fsp3) is 0.250. The minimum Gasteiger partial charge on any atom is -0.454 e. The molecular weight excluding hydrogens is 316 g/mol. The van der Waals surface area contributed by atoms with Crippen molar-refractivity contribution in [3.8, 4) is 11.5 Å². The van der Waals surface area contributed by atoms with Crippen LogP contribution in [0.2, 0.25) is 0 Å². The van der Waals surface area contributed by atoms with Crippen molar-refractivity contribution in [2.75, 3.05) is 13.3 Å². The molecule has 0 bridgehead atoms. The lowest BCUT2D eigenvalue weighted by Gasteiger charge is -2.06. The molecule has 0 saturated heterocycles. The number of aromatic amines is 1. The second-order valence-corrected chi connectivity index (χ2v) is 6.15. The van der Waals surface area contributed by atoms with Crippen LogP contribution in [-0.4, -0.2) is 24.2 Å². The number of carbonyl (C=O) groups is 1. The number of ether oxygens (including phenoxy) is 2. The molecule has 2 aromatic carbocycles. The van der Waals surface area contributed by atoms with Crippen molar-refractivity contribution >= 4 is 16.8 Å². The minimum absolute atomic E-state index is 0.0750. The van der Waals surface area contributed by atoms with E-state index in [1.165, 1.54) is 10.9 Å². The van der Waals surface area contributed by atoms with Gasteiger partial charge in [-0.2, -0.15) is 0 Å². The molecule has 0 aliphatic carbocycles. The Labute approximate surface area is 146 Å². The number of benzene rings is 2. The molecule has 0 radical (unpaired) electrons. The molecule has 1 aliphatic rings. The summed E-state index contributed by atoms with van der Waals surface area (Å²) < 4.78 is 10.7. The number of hydrogen-bond donors (Lipinski definition) is 2. The van der Waals surface area contributed by atoms with Gasteiger partial charge in [-0.3, -0.25) is 4.79 Å². The zero-order valence-corrected chi connectivity index (χ0v) is 13.9. The predicted molar refractivity (Wildman–Crippen MR) is 95.9 cm³/mol. The quantitative estimate of drug-likeness (QED) is 0.727. The number of carbonyl (C=O) groups excluding carboxylic acids is 1. The highest BCUT2D eigenvalue weighted by molar-refractivity contribution is 5.84. The van der Waals surface area contributed by atoms with Crippen molar-refractivity contribution in [2.45, 2.75) is 19.3 Å². The van der Waals surface area contributed by atoms with Crippen LogP contribution >= 0.6 is 0 Å². The molecule has 5 heteroatoms. The van der Waals surface area contributed by atoms with Gasteiger partial charge in [0.25, 0.3) is 0 Å². The number of hydrogen-bond acceptors (Lipinski definition) is 3. The van der Waals surface area contributed by atoms with E-state index in [-0.39, 0.29) is 12.7 Å². The van der Waals surface area contributed by atoms with E-state index >= 15 is 0 Å². The second-order valence-electron chi connectivity index (χ2n) is 6.15. The van der Waals surface area contributed by atoms with E-state index in [0.29, 0.717) is 13.0 Å². The summed E-state index contributed by atoms with van der Waals surface area (Å²) in [4.78, 5) is 15.3. The summed E-state index contributed by atoms with van der Waals surface area (Å²) in [6.45, 7) is 0.899. The molecule has 3 aromatic rings. The number of amides is 1. The first-order valence-electron chi connectivity index (χ1n) is 8.50. The Bertz CT molecular complexity index is 901. The van der Waals surface area contributed by atoms with Crippen LogP contribution in [0.3, 0.4) is 0 Å². The molecule has 1 aliphatic heterocycles. The van der Waals surface area contributed by atoms with E-state index in [1.54, 1.807) is 0 Å². The molecule has 128 valence electrons. The normalized spacial score (nSPS) is 12.5. The van der Waals surface area contributed by atoms with Crippen molar-refractivity contribution in [3.05, 3.63) is 59.8 Å². The van der Waals surface area contributed by atoms with Crippen molar-refractivity contribution in [3.63, 3.8) is 0 Å². The number of rotatable bonds is 6. The highest BCUT2D eigenvalue weighted by atomic mass is 16.7. The Morgan fingerprint density at radius 3 is 2.92 bits per heavy atom. The van der Waals surface area contributed by atoms with Gasteiger partial charge in [0.2, 0.25) is 12.7 Å². The van der Waals surface area contributed by atoms with Crippen LogP contribution in [0.5, 0.6) is 11.5 Å². The molecule has 1 amide bonds. The zero-order chi connectivity index (χ0) is 17.1. The molecular formula is C20H20N2O3. The van der Waals surface area contributed by atoms with Gasteiger partial charge in [0.1, 0.15) is 0 Å². The number of para-hydroxylation sites is 1. The molecule has 2 heterocycles. The maximum atomic E-state index is 12.1. The summed E-state index contributed by atoms with van der Waals surface area (Å²) in [5.74, 6) is 1.64. The van der Waals surface area contributed by atoms with Crippen molar-refractivity contribution < 1.29 is 14.3 Å². The first-order valence-corrected chi connectivity index (χ1v) is 8.50. The Morgan fingerprint density at radius 1 is 1.08 bits per heavy atom. The average molecular weight is 336 g/mol. The summed E-state index contributed by atoms with van der Waals surface area (Å²) in [6, 6.07) is 14.0. The summed E-state index contributed by atoms with van der Waals surface area (Å²) in [5, 5.41) is 4.18. The Morgan fingerprint density at radius 2 is 1.96 bits per heavy atom. The molecule has 2 N–H and O–H groups in total. The third-order valence-corrected chi connectivity index (χ3v) is 4.47. The van der Waals surface area contributed by atoms with Gasteiger partial charge in [-0.1, -0.05) is 24.3 Å². The lowest BCUT2D eigenvalue weighted by atomic mass is 10.1. The number of fused-ring (bicyclic) bond motifs is 2. The maximum absolute atomic E-state index is 12.1. The van der Waals surface area contributed by atoms with Gasteiger partial charge in [0, 0.05) is 30.1 Å². The van der Waals surface area contributed by atoms with Crippen molar-refractivity contribution in [1.29, 1.82) is 0 Å². The van der Waals surface area contributed by atoms with E-state index in [4.69, 9.17) is 9.47 Å². The van der Waals surface area contributed by atoms with E-state index in [9.17, 15) is 4.79 Å². The molecule has 25 heavy (non-hydrogen) atoms. The highest BCUT2D eigenvalue weighted by Crippen LogP contribution is 2.32. The fourth-order valence-electron chi connectivity index (χ4n) is 3.12. The molecule has 0 saturated carbocycles. The maximum Gasteiger partial charge on any atom is 0.231 e. The average Bonchev–Trinajstić information content (AvgIpc) is 3.26. The third kappa shape index (κ3) is 3.45. The second kappa shape index (κ2) is 6.89. The summed E-state index contributed by atoms with van der Waals surface area (Å²) in [6.07, 6.45) is 3.99. The Balaban J connectivity index is 1.25. The Kier molecular flexibility index (Phi) is 4.29. The first kappa shape index (κ1) is 15.6. The van der Waals surface area contributed by atoms with Crippen LogP contribution in [0.4, 0.5) is 0 Å². The largest absolute Gasteiger partial charge is 0.454 e. The van der Waals surface area contributed by atoms with Gasteiger partial charge in [-0.25, -0.2) is 0 Å². The van der Waals surface area contributed by atoms with Gasteiger partial charge in [0.15, 0.2) is 11.5 Å².